The Kier molecular flexibility index (Phi) is 6.99. The Hall–Kier alpha value is -2.03. The molecule has 0 saturated carbocycles. The van der Waals surface area contributed by atoms with Crippen LogP contribution in [0.15, 0.2) is 91.0 Å². The molecule has 0 amide bonds. The molecule has 3 aromatic rings. The van der Waals surface area contributed by atoms with Crippen molar-refractivity contribution in [2.24, 2.45) is 0 Å². The molecule has 3 nitrogen and oxygen atoms in total. The van der Waals surface area contributed by atoms with Crippen LogP contribution in [-0.4, -0.2) is 38.2 Å². The summed E-state index contributed by atoms with van der Waals surface area (Å²) in [5.41, 5.74) is 0. The molecule has 0 radical (unpaired) electrons. The lowest BCUT2D eigenvalue weighted by Gasteiger charge is -2.36. The topological polar surface area (TPSA) is 27.7 Å². The molecule has 3 rings (SSSR count). The van der Waals surface area contributed by atoms with Crippen molar-refractivity contribution in [2.45, 2.75) is 12.1 Å². The molecule has 146 valence electrons. The Morgan fingerprint density at radius 2 is 0.821 bits per heavy atom. The van der Waals surface area contributed by atoms with Gasteiger partial charge in [-0.05, 0) is 21.6 Å². The van der Waals surface area contributed by atoms with Gasteiger partial charge in [0.2, 0.25) is 0 Å². The van der Waals surface area contributed by atoms with Crippen LogP contribution in [0.1, 0.15) is 0 Å². The van der Waals surface area contributed by atoms with Gasteiger partial charge in [-0.3, -0.25) is 0 Å². The molecule has 0 spiro atoms. The van der Waals surface area contributed by atoms with E-state index in [0.717, 1.165) is 12.1 Å². The third kappa shape index (κ3) is 4.04. The van der Waals surface area contributed by atoms with Crippen molar-refractivity contribution in [3.05, 3.63) is 91.0 Å². The Morgan fingerprint density at radius 3 is 1.11 bits per heavy atom. The van der Waals surface area contributed by atoms with Gasteiger partial charge in [-0.1, -0.05) is 91.0 Å². The highest BCUT2D eigenvalue weighted by molar-refractivity contribution is 7.11. The molecule has 0 aliphatic rings. The van der Waals surface area contributed by atoms with Crippen LogP contribution in [0.4, 0.5) is 0 Å². The first kappa shape index (κ1) is 20.7. The molecule has 0 atom stereocenters. The number of benzene rings is 3. The van der Waals surface area contributed by atoms with Gasteiger partial charge in [0, 0.05) is 27.4 Å². The molecule has 0 N–H and O–H groups in total. The zero-order valence-corrected chi connectivity index (χ0v) is 18.8. The zero-order chi connectivity index (χ0) is 19.9. The summed E-state index contributed by atoms with van der Waals surface area (Å²) in [5, 5.41) is 4.16. The maximum atomic E-state index is 5.76. The van der Waals surface area contributed by atoms with Crippen LogP contribution in [0.5, 0.6) is 0 Å². The average molecular weight is 409 g/mol. The van der Waals surface area contributed by atoms with Gasteiger partial charge < -0.3 is 13.3 Å². The third-order valence-electron chi connectivity index (χ3n) is 5.54. The van der Waals surface area contributed by atoms with Crippen LogP contribution in [0.3, 0.4) is 0 Å². The lowest BCUT2D eigenvalue weighted by atomic mass is 10.3. The summed E-state index contributed by atoms with van der Waals surface area (Å²) in [6, 6.07) is 34.4. The van der Waals surface area contributed by atoms with Crippen LogP contribution >= 0.6 is 0 Å². The molecule has 0 aromatic heterocycles. The van der Waals surface area contributed by atoms with Crippen molar-refractivity contribution < 1.29 is 13.3 Å². The number of rotatable bonds is 9. The van der Waals surface area contributed by atoms with Gasteiger partial charge in [-0.15, -0.1) is 0 Å². The van der Waals surface area contributed by atoms with E-state index in [4.69, 9.17) is 13.3 Å². The predicted molar refractivity (Wildman–Crippen MR) is 120 cm³/mol. The van der Waals surface area contributed by atoms with Gasteiger partial charge in [-0.2, -0.15) is 0 Å². The molecule has 0 heterocycles. The second kappa shape index (κ2) is 9.45. The quantitative estimate of drug-likeness (QED) is 0.402. The summed E-state index contributed by atoms with van der Waals surface area (Å²) in [6.07, 6.45) is 0. The summed E-state index contributed by atoms with van der Waals surface area (Å²) < 4.78 is 17.3. The summed E-state index contributed by atoms with van der Waals surface area (Å²) in [6.45, 7) is 0. The van der Waals surface area contributed by atoms with E-state index in [1.54, 1.807) is 21.3 Å². The van der Waals surface area contributed by atoms with Crippen molar-refractivity contribution in [3.8, 4) is 0 Å². The summed E-state index contributed by atoms with van der Waals surface area (Å²) >= 11 is 0. The van der Waals surface area contributed by atoms with Crippen LogP contribution in [0, 0.1) is 0 Å². The second-order valence-corrected chi connectivity index (χ2v) is 13.9. The van der Waals surface area contributed by atoms with E-state index in [1.807, 2.05) is 0 Å². The first-order valence-corrected chi connectivity index (χ1v) is 13.7. The Morgan fingerprint density at radius 1 is 0.500 bits per heavy atom. The lowest BCUT2D eigenvalue weighted by molar-refractivity contribution is 0.125. The smallest absolute Gasteiger partial charge is 0.377 e. The molecule has 0 unspecified atom stereocenters. The van der Waals surface area contributed by atoms with Crippen molar-refractivity contribution in [1.82, 2.24) is 0 Å². The Labute approximate surface area is 170 Å². The fourth-order valence-electron chi connectivity index (χ4n) is 4.00. The van der Waals surface area contributed by atoms with E-state index in [2.05, 4.69) is 91.0 Å². The highest BCUT2D eigenvalue weighted by Gasteiger charge is 2.45. The van der Waals surface area contributed by atoms with E-state index in [0.29, 0.717) is 0 Å². The van der Waals surface area contributed by atoms with Gasteiger partial charge >= 0.3 is 8.80 Å². The number of hydrogen-bond acceptors (Lipinski definition) is 3. The summed E-state index contributed by atoms with van der Waals surface area (Å²) in [4.78, 5) is 0. The lowest BCUT2D eigenvalue weighted by Crippen LogP contribution is -2.67. The molecule has 0 bridgehead atoms. The van der Waals surface area contributed by atoms with Crippen LogP contribution in [0.2, 0.25) is 12.1 Å². The minimum atomic E-state index is -2.69. The molecule has 0 aliphatic heterocycles. The summed E-state index contributed by atoms with van der Waals surface area (Å²) in [7, 11) is 0.0926. The Bertz CT molecular complexity index is 733. The van der Waals surface area contributed by atoms with Gasteiger partial charge in [0.25, 0.3) is 0 Å². The van der Waals surface area contributed by atoms with Crippen molar-refractivity contribution in [2.75, 3.05) is 21.3 Å². The van der Waals surface area contributed by atoms with Gasteiger partial charge in [0.15, 0.2) is 0 Å². The third-order valence-corrected chi connectivity index (χ3v) is 13.7. The molecule has 0 aliphatic carbocycles. The van der Waals surface area contributed by atoms with E-state index >= 15 is 0 Å². The maximum absolute atomic E-state index is 5.76. The van der Waals surface area contributed by atoms with Gasteiger partial charge in [0.05, 0.1) is 0 Å². The van der Waals surface area contributed by atoms with Crippen molar-refractivity contribution in [1.29, 1.82) is 0 Å². The standard InChI is InChI=1S/C23H28O3Si2/c1-24-28(25-2,26-3)20-19-27(21-13-7-4-8-14-21,22-15-9-5-10-16-22)23-17-11-6-12-18-23/h4-18H,19-20H2,1-3H3. The van der Waals surface area contributed by atoms with Gasteiger partial charge in [0.1, 0.15) is 8.07 Å². The fourth-order valence-corrected chi connectivity index (χ4v) is 12.0. The zero-order valence-electron chi connectivity index (χ0n) is 16.8. The molecule has 5 heteroatoms. The minimum Gasteiger partial charge on any atom is -0.377 e. The van der Waals surface area contributed by atoms with Crippen LogP contribution < -0.4 is 15.6 Å². The highest BCUT2D eigenvalue weighted by atomic mass is 28.4. The molecular formula is C23H28O3Si2. The fraction of sp³-hybridized carbons (Fsp3) is 0.217. The van der Waals surface area contributed by atoms with Crippen LogP contribution in [-0.2, 0) is 13.3 Å². The molecule has 3 aromatic carbocycles. The van der Waals surface area contributed by atoms with Crippen LogP contribution in [0.25, 0.3) is 0 Å². The monoisotopic (exact) mass is 408 g/mol. The maximum Gasteiger partial charge on any atom is 0.499 e. The summed E-state index contributed by atoms with van der Waals surface area (Å²) in [5.74, 6) is 0. The normalized spacial score (nSPS) is 12.1. The van der Waals surface area contributed by atoms with E-state index in [1.165, 1.54) is 15.6 Å². The van der Waals surface area contributed by atoms with Gasteiger partial charge in [-0.25, -0.2) is 0 Å². The molecule has 0 fully saturated rings. The van der Waals surface area contributed by atoms with E-state index in [9.17, 15) is 0 Å². The minimum absolute atomic E-state index is 0.765. The molecule has 0 saturated heterocycles. The highest BCUT2D eigenvalue weighted by Crippen LogP contribution is 2.23. The SMILES string of the molecule is CO[Si](CC[Si](c1ccccc1)(c1ccccc1)c1ccccc1)(OC)OC. The first-order valence-electron chi connectivity index (χ1n) is 9.53. The largest absolute Gasteiger partial charge is 0.499 e. The predicted octanol–water partition coefficient (Wildman–Crippen LogP) is 3.03. The van der Waals surface area contributed by atoms with E-state index in [-0.39, 0.29) is 0 Å². The first-order chi connectivity index (χ1) is 13.7. The molecular weight excluding hydrogens is 380 g/mol. The average Bonchev–Trinajstić information content (AvgIpc) is 2.79. The van der Waals surface area contributed by atoms with E-state index < -0.39 is 16.9 Å². The van der Waals surface area contributed by atoms with Crippen molar-refractivity contribution in [3.63, 3.8) is 0 Å². The number of hydrogen-bond donors (Lipinski definition) is 0. The van der Waals surface area contributed by atoms with Crippen molar-refractivity contribution >= 4 is 32.4 Å². The second-order valence-electron chi connectivity index (χ2n) is 6.80. The molecule has 28 heavy (non-hydrogen) atoms. The Balaban J connectivity index is 2.19.